The zero-order chi connectivity index (χ0) is 22.4. The van der Waals surface area contributed by atoms with Gasteiger partial charge in [-0.2, -0.15) is 13.2 Å². The average Bonchev–Trinajstić information content (AvgIpc) is 2.72. The van der Waals surface area contributed by atoms with Gasteiger partial charge < -0.3 is 15.1 Å². The molecule has 1 N–H and O–H groups in total. The SMILES string of the molecule is CN(C)CC(=O)N[C@H]1CC[C@H](CCN2CCN(c3cccc(C(F)(F)F)c3)CC2)CC1. The van der Waals surface area contributed by atoms with Crippen molar-refractivity contribution < 1.29 is 18.0 Å². The van der Waals surface area contributed by atoms with Gasteiger partial charge in [-0.15, -0.1) is 0 Å². The minimum Gasteiger partial charge on any atom is -0.369 e. The van der Waals surface area contributed by atoms with E-state index in [1.165, 1.54) is 12.1 Å². The van der Waals surface area contributed by atoms with Crippen LogP contribution in [0.3, 0.4) is 0 Å². The van der Waals surface area contributed by atoms with E-state index in [2.05, 4.69) is 10.2 Å². The van der Waals surface area contributed by atoms with Gasteiger partial charge in [0.2, 0.25) is 5.91 Å². The first-order valence-corrected chi connectivity index (χ1v) is 11.3. The molecule has 0 bridgehead atoms. The fourth-order valence-electron chi connectivity index (χ4n) is 4.63. The number of anilines is 1. The predicted molar refractivity (Wildman–Crippen MR) is 117 cm³/mol. The van der Waals surface area contributed by atoms with Gasteiger partial charge in [-0.25, -0.2) is 0 Å². The minimum atomic E-state index is -4.30. The van der Waals surface area contributed by atoms with Gasteiger partial charge in [0.05, 0.1) is 12.1 Å². The number of nitrogens with one attached hydrogen (secondary N) is 1. The molecule has 0 radical (unpaired) electrons. The summed E-state index contributed by atoms with van der Waals surface area (Å²) in [5.41, 5.74) is 0.0741. The number of hydrogen-bond donors (Lipinski definition) is 1. The molecule has 1 saturated heterocycles. The van der Waals surface area contributed by atoms with Gasteiger partial charge >= 0.3 is 6.18 Å². The summed E-state index contributed by atoms with van der Waals surface area (Å²) in [6.45, 7) is 4.75. The van der Waals surface area contributed by atoms with Crippen LogP contribution in [0.15, 0.2) is 24.3 Å². The van der Waals surface area contributed by atoms with Crippen molar-refractivity contribution in [2.75, 3.05) is 58.3 Å². The van der Waals surface area contributed by atoms with Crippen molar-refractivity contribution in [1.82, 2.24) is 15.1 Å². The predicted octanol–water partition coefficient (Wildman–Crippen LogP) is 3.45. The molecule has 0 atom stereocenters. The first-order valence-electron chi connectivity index (χ1n) is 11.3. The fourth-order valence-corrected chi connectivity index (χ4v) is 4.63. The highest BCUT2D eigenvalue weighted by Gasteiger charge is 2.31. The summed E-state index contributed by atoms with van der Waals surface area (Å²) in [5, 5.41) is 3.14. The Morgan fingerprint density at radius 3 is 2.39 bits per heavy atom. The Morgan fingerprint density at radius 1 is 1.10 bits per heavy atom. The lowest BCUT2D eigenvalue weighted by atomic mass is 9.84. The number of carbonyl (C=O) groups is 1. The second-order valence-corrected chi connectivity index (χ2v) is 9.19. The van der Waals surface area contributed by atoms with Crippen molar-refractivity contribution in [3.63, 3.8) is 0 Å². The van der Waals surface area contributed by atoms with Crippen LogP contribution in [0, 0.1) is 5.92 Å². The highest BCUT2D eigenvalue weighted by atomic mass is 19.4. The number of rotatable bonds is 7. The molecule has 0 aromatic heterocycles. The molecule has 5 nitrogen and oxygen atoms in total. The molecule has 2 aliphatic rings. The van der Waals surface area contributed by atoms with E-state index in [-0.39, 0.29) is 5.91 Å². The quantitative estimate of drug-likeness (QED) is 0.705. The van der Waals surface area contributed by atoms with Crippen LogP contribution >= 0.6 is 0 Å². The smallest absolute Gasteiger partial charge is 0.369 e. The van der Waals surface area contributed by atoms with E-state index >= 15 is 0 Å². The van der Waals surface area contributed by atoms with Gasteiger partial charge in [0.15, 0.2) is 0 Å². The number of piperazine rings is 1. The molecule has 174 valence electrons. The third-order valence-corrected chi connectivity index (χ3v) is 6.44. The molecule has 1 aliphatic carbocycles. The summed E-state index contributed by atoms with van der Waals surface area (Å²) in [6.07, 6.45) is 1.25. The number of hydrogen-bond acceptors (Lipinski definition) is 4. The molecule has 31 heavy (non-hydrogen) atoms. The van der Waals surface area contributed by atoms with Crippen LogP contribution in [0.1, 0.15) is 37.7 Å². The van der Waals surface area contributed by atoms with Crippen molar-refractivity contribution in [3.8, 4) is 0 Å². The number of carbonyl (C=O) groups excluding carboxylic acids is 1. The lowest BCUT2D eigenvalue weighted by molar-refractivity contribution is -0.137. The van der Waals surface area contributed by atoms with Crippen molar-refractivity contribution in [2.45, 2.75) is 44.3 Å². The second-order valence-electron chi connectivity index (χ2n) is 9.19. The van der Waals surface area contributed by atoms with E-state index < -0.39 is 11.7 Å². The summed E-state index contributed by atoms with van der Waals surface area (Å²) in [6, 6.07) is 5.94. The molecule has 1 aliphatic heterocycles. The maximum absolute atomic E-state index is 13.0. The third-order valence-electron chi connectivity index (χ3n) is 6.44. The van der Waals surface area contributed by atoms with Gasteiger partial charge in [-0.1, -0.05) is 6.07 Å². The Morgan fingerprint density at radius 2 is 1.77 bits per heavy atom. The van der Waals surface area contributed by atoms with E-state index in [1.54, 1.807) is 6.07 Å². The van der Waals surface area contributed by atoms with Crippen LogP contribution in [-0.2, 0) is 11.0 Å². The number of benzene rings is 1. The Labute approximate surface area is 183 Å². The van der Waals surface area contributed by atoms with Crippen LogP contribution in [0.25, 0.3) is 0 Å². The van der Waals surface area contributed by atoms with E-state index in [0.29, 0.717) is 24.2 Å². The van der Waals surface area contributed by atoms with E-state index in [0.717, 1.165) is 70.9 Å². The maximum atomic E-state index is 13.0. The third kappa shape index (κ3) is 7.38. The van der Waals surface area contributed by atoms with Gasteiger partial charge in [-0.05, 0) is 76.9 Å². The number of nitrogens with zero attached hydrogens (tertiary/aromatic N) is 3. The van der Waals surface area contributed by atoms with Crippen LogP contribution < -0.4 is 10.2 Å². The van der Waals surface area contributed by atoms with Crippen LogP contribution in [0.5, 0.6) is 0 Å². The number of alkyl halides is 3. The first-order chi connectivity index (χ1) is 14.7. The number of amides is 1. The molecule has 3 rings (SSSR count). The van der Waals surface area contributed by atoms with Crippen molar-refractivity contribution in [2.24, 2.45) is 5.92 Å². The zero-order valence-electron chi connectivity index (χ0n) is 18.6. The molecule has 1 saturated carbocycles. The monoisotopic (exact) mass is 440 g/mol. The molecular formula is C23H35F3N4O. The molecule has 2 fully saturated rings. The Hall–Kier alpha value is -1.80. The van der Waals surface area contributed by atoms with E-state index in [9.17, 15) is 18.0 Å². The highest BCUT2D eigenvalue weighted by molar-refractivity contribution is 5.78. The minimum absolute atomic E-state index is 0.104. The lowest BCUT2D eigenvalue weighted by Gasteiger charge is -2.37. The molecule has 1 aromatic carbocycles. The molecule has 1 aromatic rings. The average molecular weight is 441 g/mol. The molecule has 0 unspecified atom stereocenters. The van der Waals surface area contributed by atoms with Gasteiger partial charge in [0, 0.05) is 37.9 Å². The molecule has 0 spiro atoms. The Bertz CT molecular complexity index is 709. The summed E-state index contributed by atoms with van der Waals surface area (Å²) < 4.78 is 38.9. The molecule has 1 amide bonds. The summed E-state index contributed by atoms with van der Waals surface area (Å²) in [5.74, 6) is 0.801. The Kier molecular flexibility index (Phi) is 8.22. The standard InChI is InChI=1S/C23H35F3N4O/c1-28(2)17-22(31)27-20-8-6-18(7-9-20)10-11-29-12-14-30(15-13-29)21-5-3-4-19(16-21)23(24,25)26/h3-5,16,18,20H,6-15,17H2,1-2H3,(H,27,31)/t18-,20-. The van der Waals surface area contributed by atoms with Crippen LogP contribution in [0.2, 0.25) is 0 Å². The van der Waals surface area contributed by atoms with Crippen LogP contribution in [-0.4, -0.2) is 75.1 Å². The van der Waals surface area contributed by atoms with Crippen molar-refractivity contribution >= 4 is 11.6 Å². The summed E-state index contributed by atoms with van der Waals surface area (Å²) in [7, 11) is 3.80. The Balaban J connectivity index is 1.35. The fraction of sp³-hybridized carbons (Fsp3) is 0.696. The largest absolute Gasteiger partial charge is 0.416 e. The topological polar surface area (TPSA) is 38.8 Å². The highest BCUT2D eigenvalue weighted by Crippen LogP contribution is 2.32. The zero-order valence-corrected chi connectivity index (χ0v) is 18.6. The maximum Gasteiger partial charge on any atom is 0.416 e. The number of likely N-dealkylation sites (N-methyl/N-ethyl adjacent to an activating group) is 1. The summed E-state index contributed by atoms with van der Waals surface area (Å²) >= 11 is 0. The normalized spacial score (nSPS) is 23.2. The molecule has 8 heteroatoms. The van der Waals surface area contributed by atoms with Crippen molar-refractivity contribution in [1.29, 1.82) is 0 Å². The van der Waals surface area contributed by atoms with Gasteiger partial charge in [0.1, 0.15) is 0 Å². The lowest BCUT2D eigenvalue weighted by Crippen LogP contribution is -2.47. The first kappa shape index (κ1) is 23.9. The summed E-state index contributed by atoms with van der Waals surface area (Å²) in [4.78, 5) is 18.3. The van der Waals surface area contributed by atoms with Gasteiger partial charge in [-0.3, -0.25) is 9.69 Å². The molecular weight excluding hydrogens is 405 g/mol. The molecule has 1 heterocycles. The second kappa shape index (κ2) is 10.7. The number of halogens is 3. The van der Waals surface area contributed by atoms with Gasteiger partial charge in [0.25, 0.3) is 0 Å². The van der Waals surface area contributed by atoms with Crippen LogP contribution in [0.4, 0.5) is 18.9 Å². The van der Waals surface area contributed by atoms with E-state index in [4.69, 9.17) is 0 Å². The van der Waals surface area contributed by atoms with E-state index in [1.807, 2.05) is 23.9 Å². The van der Waals surface area contributed by atoms with Crippen molar-refractivity contribution in [3.05, 3.63) is 29.8 Å².